The van der Waals surface area contributed by atoms with Crippen LogP contribution in [0.25, 0.3) is 0 Å². The first kappa shape index (κ1) is 14.3. The quantitative estimate of drug-likeness (QED) is 0.874. The lowest BCUT2D eigenvalue weighted by Crippen LogP contribution is -2.33. The van der Waals surface area contributed by atoms with E-state index in [4.69, 9.17) is 0 Å². The molecule has 0 radical (unpaired) electrons. The fraction of sp³-hybridized carbons (Fsp3) is 0.533. The first-order valence-electron chi connectivity index (χ1n) is 6.84. The molecule has 0 amide bonds. The SMILES string of the molecule is CC(C)CC(C)NC(c1cccs1)c1nccn1C. The Balaban J connectivity index is 2.19. The molecule has 2 aromatic heterocycles. The van der Waals surface area contributed by atoms with Crippen molar-refractivity contribution in [3.8, 4) is 0 Å². The summed E-state index contributed by atoms with van der Waals surface area (Å²) in [6.45, 7) is 6.78. The summed E-state index contributed by atoms with van der Waals surface area (Å²) in [4.78, 5) is 5.84. The van der Waals surface area contributed by atoms with Crippen LogP contribution >= 0.6 is 11.3 Å². The third kappa shape index (κ3) is 3.67. The summed E-state index contributed by atoms with van der Waals surface area (Å²) >= 11 is 1.78. The van der Waals surface area contributed by atoms with Crippen LogP contribution in [0, 0.1) is 5.92 Å². The standard InChI is InChI=1S/C15H23N3S/c1-11(2)10-12(3)17-14(13-6-5-9-19-13)15-16-7-8-18(15)4/h5-9,11-12,14,17H,10H2,1-4H3. The van der Waals surface area contributed by atoms with Crippen LogP contribution in [0.4, 0.5) is 0 Å². The van der Waals surface area contributed by atoms with Crippen LogP contribution < -0.4 is 5.32 Å². The largest absolute Gasteiger partial charge is 0.336 e. The van der Waals surface area contributed by atoms with Gasteiger partial charge in [0.15, 0.2) is 0 Å². The lowest BCUT2D eigenvalue weighted by atomic mass is 10.0. The zero-order valence-electron chi connectivity index (χ0n) is 12.1. The van der Waals surface area contributed by atoms with Gasteiger partial charge in [-0.15, -0.1) is 11.3 Å². The fourth-order valence-corrected chi connectivity index (χ4v) is 3.24. The van der Waals surface area contributed by atoms with Gasteiger partial charge in [0.25, 0.3) is 0 Å². The van der Waals surface area contributed by atoms with Gasteiger partial charge in [-0.3, -0.25) is 0 Å². The molecular weight excluding hydrogens is 254 g/mol. The molecule has 2 aromatic rings. The minimum absolute atomic E-state index is 0.189. The molecule has 0 bridgehead atoms. The molecule has 2 atom stereocenters. The second-order valence-corrected chi connectivity index (χ2v) is 6.52. The Morgan fingerprint density at radius 1 is 1.37 bits per heavy atom. The van der Waals surface area contributed by atoms with Crippen LogP contribution in [-0.2, 0) is 7.05 Å². The Labute approximate surface area is 119 Å². The maximum Gasteiger partial charge on any atom is 0.131 e. The van der Waals surface area contributed by atoms with E-state index in [1.807, 2.05) is 12.4 Å². The highest BCUT2D eigenvalue weighted by molar-refractivity contribution is 7.10. The van der Waals surface area contributed by atoms with Crippen molar-refractivity contribution in [3.63, 3.8) is 0 Å². The van der Waals surface area contributed by atoms with Crippen LogP contribution in [0.15, 0.2) is 29.9 Å². The lowest BCUT2D eigenvalue weighted by Gasteiger charge is -2.23. The van der Waals surface area contributed by atoms with Crippen molar-refractivity contribution in [1.29, 1.82) is 0 Å². The highest BCUT2D eigenvalue weighted by Gasteiger charge is 2.21. The monoisotopic (exact) mass is 277 g/mol. The van der Waals surface area contributed by atoms with Crippen LogP contribution in [0.5, 0.6) is 0 Å². The maximum atomic E-state index is 4.51. The van der Waals surface area contributed by atoms with Crippen molar-refractivity contribution >= 4 is 11.3 Å². The topological polar surface area (TPSA) is 29.9 Å². The molecule has 3 nitrogen and oxygen atoms in total. The van der Waals surface area contributed by atoms with E-state index < -0.39 is 0 Å². The molecule has 0 aliphatic rings. The van der Waals surface area contributed by atoms with Crippen molar-refractivity contribution in [2.45, 2.75) is 39.3 Å². The predicted octanol–water partition coefficient (Wildman–Crippen LogP) is 3.60. The number of nitrogens with zero attached hydrogens (tertiary/aromatic N) is 2. The average Bonchev–Trinajstić information content (AvgIpc) is 2.96. The summed E-state index contributed by atoms with van der Waals surface area (Å²) < 4.78 is 2.10. The molecule has 1 N–H and O–H groups in total. The molecule has 2 heterocycles. The number of aryl methyl sites for hydroxylation is 1. The Kier molecular flexibility index (Phi) is 4.77. The molecule has 0 aliphatic heterocycles. The first-order chi connectivity index (χ1) is 9.08. The highest BCUT2D eigenvalue weighted by Crippen LogP contribution is 2.25. The molecular formula is C15H23N3S. The van der Waals surface area contributed by atoms with Crippen molar-refractivity contribution in [3.05, 3.63) is 40.6 Å². The van der Waals surface area contributed by atoms with Crippen LogP contribution in [0.2, 0.25) is 0 Å². The maximum absolute atomic E-state index is 4.51. The van der Waals surface area contributed by atoms with Gasteiger partial charge in [-0.2, -0.15) is 0 Å². The van der Waals surface area contributed by atoms with Gasteiger partial charge in [0, 0.05) is 30.4 Å². The molecule has 0 fully saturated rings. The number of hydrogen-bond acceptors (Lipinski definition) is 3. The van der Waals surface area contributed by atoms with E-state index in [0.29, 0.717) is 12.0 Å². The van der Waals surface area contributed by atoms with E-state index in [2.05, 4.69) is 60.2 Å². The average molecular weight is 277 g/mol. The molecule has 0 aliphatic carbocycles. The minimum atomic E-state index is 0.189. The Hall–Kier alpha value is -1.13. The van der Waals surface area contributed by atoms with E-state index in [-0.39, 0.29) is 6.04 Å². The zero-order valence-corrected chi connectivity index (χ0v) is 12.9. The van der Waals surface area contributed by atoms with Crippen molar-refractivity contribution < 1.29 is 0 Å². The number of thiophene rings is 1. The van der Waals surface area contributed by atoms with Crippen LogP contribution in [0.1, 0.15) is 43.9 Å². The second kappa shape index (κ2) is 6.35. The lowest BCUT2D eigenvalue weighted by molar-refractivity contribution is 0.409. The van der Waals surface area contributed by atoms with Gasteiger partial charge >= 0.3 is 0 Å². The third-order valence-corrected chi connectivity index (χ3v) is 4.16. The van der Waals surface area contributed by atoms with Gasteiger partial charge < -0.3 is 9.88 Å². The van der Waals surface area contributed by atoms with E-state index in [0.717, 1.165) is 5.82 Å². The molecule has 0 aromatic carbocycles. The summed E-state index contributed by atoms with van der Waals surface area (Å²) in [6.07, 6.45) is 5.04. The van der Waals surface area contributed by atoms with Crippen molar-refractivity contribution in [2.75, 3.05) is 0 Å². The van der Waals surface area contributed by atoms with Gasteiger partial charge in [0.2, 0.25) is 0 Å². The van der Waals surface area contributed by atoms with Crippen LogP contribution in [0.3, 0.4) is 0 Å². The Bertz CT molecular complexity index is 487. The number of aromatic nitrogens is 2. The van der Waals surface area contributed by atoms with E-state index >= 15 is 0 Å². The highest BCUT2D eigenvalue weighted by atomic mass is 32.1. The Morgan fingerprint density at radius 2 is 2.16 bits per heavy atom. The van der Waals surface area contributed by atoms with E-state index in [1.165, 1.54) is 11.3 Å². The summed E-state index contributed by atoms with van der Waals surface area (Å²) in [5.41, 5.74) is 0. The van der Waals surface area contributed by atoms with Gasteiger partial charge in [0.1, 0.15) is 11.9 Å². The third-order valence-electron chi connectivity index (χ3n) is 3.22. The van der Waals surface area contributed by atoms with Gasteiger partial charge in [-0.05, 0) is 30.7 Å². The van der Waals surface area contributed by atoms with Gasteiger partial charge in [0.05, 0.1) is 0 Å². The molecule has 0 spiro atoms. The summed E-state index contributed by atoms with van der Waals surface area (Å²) in [5, 5.41) is 5.85. The number of hydrogen-bond donors (Lipinski definition) is 1. The summed E-state index contributed by atoms with van der Waals surface area (Å²) in [5.74, 6) is 1.78. The van der Waals surface area contributed by atoms with Crippen LogP contribution in [-0.4, -0.2) is 15.6 Å². The normalized spacial score (nSPS) is 14.8. The summed E-state index contributed by atoms with van der Waals surface area (Å²) in [7, 11) is 2.05. The van der Waals surface area contributed by atoms with Gasteiger partial charge in [-0.1, -0.05) is 19.9 Å². The molecule has 0 saturated carbocycles. The summed E-state index contributed by atoms with van der Waals surface area (Å²) in [6, 6.07) is 4.95. The second-order valence-electron chi connectivity index (χ2n) is 5.54. The van der Waals surface area contributed by atoms with Crippen molar-refractivity contribution in [2.24, 2.45) is 13.0 Å². The smallest absolute Gasteiger partial charge is 0.131 e. The van der Waals surface area contributed by atoms with E-state index in [9.17, 15) is 0 Å². The fourth-order valence-electron chi connectivity index (χ4n) is 2.45. The van der Waals surface area contributed by atoms with Crippen molar-refractivity contribution in [1.82, 2.24) is 14.9 Å². The molecule has 4 heteroatoms. The molecule has 2 rings (SSSR count). The number of nitrogens with one attached hydrogen (secondary N) is 1. The molecule has 2 unspecified atom stereocenters. The first-order valence-corrected chi connectivity index (χ1v) is 7.72. The Morgan fingerprint density at radius 3 is 2.68 bits per heavy atom. The minimum Gasteiger partial charge on any atom is -0.336 e. The zero-order chi connectivity index (χ0) is 13.8. The molecule has 104 valence electrons. The predicted molar refractivity (Wildman–Crippen MR) is 81.4 cm³/mol. The van der Waals surface area contributed by atoms with E-state index in [1.54, 1.807) is 11.3 Å². The molecule has 19 heavy (non-hydrogen) atoms. The molecule has 0 saturated heterocycles. The van der Waals surface area contributed by atoms with Gasteiger partial charge in [-0.25, -0.2) is 4.98 Å². The number of imidazole rings is 1. The number of rotatable bonds is 6.